The third-order valence-electron chi connectivity index (χ3n) is 7.20. The molecular formula is C27H36FN3O6S. The first-order valence-corrected chi connectivity index (χ1v) is 14.1. The SMILES string of the molecule is CCN1CC[C@H](C(=O)NCc2cc(F)ccc2S(=O)(=O)Nc2ccc(C(C)C(C)C)c(OC)c2C(=O)O)C1. The Balaban J connectivity index is 1.92. The highest BCUT2D eigenvalue weighted by Crippen LogP contribution is 2.38. The molecule has 9 nitrogen and oxygen atoms in total. The Morgan fingerprint density at radius 1 is 1.21 bits per heavy atom. The van der Waals surface area contributed by atoms with Crippen LogP contribution in [0.25, 0.3) is 0 Å². The number of hydrogen-bond acceptors (Lipinski definition) is 6. The van der Waals surface area contributed by atoms with Crippen LogP contribution in [-0.4, -0.2) is 57.0 Å². The maximum atomic E-state index is 14.1. The molecule has 1 aliphatic rings. The minimum Gasteiger partial charge on any atom is -0.495 e. The molecule has 0 bridgehead atoms. The van der Waals surface area contributed by atoms with Crippen LogP contribution in [0.2, 0.25) is 0 Å². The third-order valence-corrected chi connectivity index (χ3v) is 8.66. The zero-order valence-electron chi connectivity index (χ0n) is 22.4. The Kier molecular flexibility index (Phi) is 9.37. The van der Waals surface area contributed by atoms with Crippen molar-refractivity contribution in [3.63, 3.8) is 0 Å². The summed E-state index contributed by atoms with van der Waals surface area (Å²) in [5.41, 5.74) is 0.186. The quantitative estimate of drug-likeness (QED) is 0.386. The number of sulfonamides is 1. The van der Waals surface area contributed by atoms with E-state index in [1.165, 1.54) is 13.2 Å². The van der Waals surface area contributed by atoms with E-state index in [-0.39, 0.29) is 57.7 Å². The predicted molar refractivity (Wildman–Crippen MR) is 142 cm³/mol. The highest BCUT2D eigenvalue weighted by Gasteiger charge is 2.29. The van der Waals surface area contributed by atoms with Gasteiger partial charge in [-0.25, -0.2) is 17.6 Å². The number of methoxy groups -OCH3 is 1. The Hall–Kier alpha value is -3.18. The number of aromatic carboxylic acids is 1. The molecule has 1 unspecified atom stereocenters. The van der Waals surface area contributed by atoms with E-state index in [4.69, 9.17) is 4.74 Å². The maximum absolute atomic E-state index is 14.1. The van der Waals surface area contributed by atoms with E-state index in [2.05, 4.69) is 14.9 Å². The van der Waals surface area contributed by atoms with Gasteiger partial charge in [0, 0.05) is 13.1 Å². The average Bonchev–Trinajstić information content (AvgIpc) is 3.35. The predicted octanol–water partition coefficient (Wildman–Crippen LogP) is 4.05. The van der Waals surface area contributed by atoms with Crippen molar-refractivity contribution in [3.8, 4) is 5.75 Å². The van der Waals surface area contributed by atoms with Crippen molar-refractivity contribution in [2.45, 2.75) is 51.5 Å². The number of nitrogens with one attached hydrogen (secondary N) is 2. The normalized spacial score (nSPS) is 16.9. The number of ether oxygens (including phenoxy) is 1. The van der Waals surface area contributed by atoms with Crippen molar-refractivity contribution < 1.29 is 32.2 Å². The molecule has 3 rings (SSSR count). The molecule has 1 saturated heterocycles. The summed E-state index contributed by atoms with van der Waals surface area (Å²) in [6, 6.07) is 6.18. The molecule has 0 radical (unpaired) electrons. The number of carbonyl (C=O) groups is 2. The summed E-state index contributed by atoms with van der Waals surface area (Å²) in [6.07, 6.45) is 0.695. The van der Waals surface area contributed by atoms with Crippen LogP contribution in [0.5, 0.6) is 5.75 Å². The Morgan fingerprint density at radius 2 is 1.92 bits per heavy atom. The number of anilines is 1. The minimum absolute atomic E-state index is 0.0464. The molecule has 1 heterocycles. The lowest BCUT2D eigenvalue weighted by Gasteiger charge is -2.22. The molecule has 11 heteroatoms. The number of carboxylic acid groups (broad SMARTS) is 1. The number of nitrogens with zero attached hydrogens (tertiary/aromatic N) is 1. The summed E-state index contributed by atoms with van der Waals surface area (Å²) >= 11 is 0. The van der Waals surface area contributed by atoms with Gasteiger partial charge in [0.05, 0.1) is 23.6 Å². The van der Waals surface area contributed by atoms with Gasteiger partial charge in [0.1, 0.15) is 17.1 Å². The number of likely N-dealkylation sites (tertiary alicyclic amines) is 1. The fourth-order valence-electron chi connectivity index (χ4n) is 4.64. The standard InChI is InChI=1S/C27H36FN3O6S/c1-6-31-12-11-18(15-31)26(32)29-14-19-13-20(28)7-10-23(19)38(35,36)30-22-9-8-21(17(4)16(2)3)25(37-5)24(22)27(33)34/h7-10,13,16-18,30H,6,11-12,14-15H2,1-5H3,(H,29,32)(H,33,34)/t17?,18-/m0/s1. The smallest absolute Gasteiger partial charge is 0.341 e. The number of benzene rings is 2. The molecule has 0 saturated carbocycles. The van der Waals surface area contributed by atoms with Gasteiger partial charge in [-0.2, -0.15) is 0 Å². The second-order valence-electron chi connectivity index (χ2n) is 9.90. The van der Waals surface area contributed by atoms with Gasteiger partial charge in [0.2, 0.25) is 5.91 Å². The van der Waals surface area contributed by atoms with Gasteiger partial charge in [-0.05, 0) is 66.7 Å². The topological polar surface area (TPSA) is 125 Å². The Morgan fingerprint density at radius 3 is 2.50 bits per heavy atom. The second kappa shape index (κ2) is 12.1. The summed E-state index contributed by atoms with van der Waals surface area (Å²) in [6.45, 7) is 9.98. The molecule has 1 amide bonds. The van der Waals surface area contributed by atoms with Gasteiger partial charge < -0.3 is 20.1 Å². The van der Waals surface area contributed by atoms with Crippen molar-refractivity contribution in [1.82, 2.24) is 10.2 Å². The summed E-state index contributed by atoms with van der Waals surface area (Å²) in [5, 5.41) is 12.7. The molecule has 1 aliphatic heterocycles. The van der Waals surface area contributed by atoms with Gasteiger partial charge in [0.25, 0.3) is 10.0 Å². The van der Waals surface area contributed by atoms with Crippen LogP contribution in [-0.2, 0) is 21.4 Å². The highest BCUT2D eigenvalue weighted by atomic mass is 32.2. The van der Waals surface area contributed by atoms with Crippen LogP contribution < -0.4 is 14.8 Å². The van der Waals surface area contributed by atoms with E-state index >= 15 is 0 Å². The molecular weight excluding hydrogens is 513 g/mol. The molecule has 2 aromatic rings. The van der Waals surface area contributed by atoms with Gasteiger partial charge in [-0.1, -0.05) is 33.8 Å². The first kappa shape index (κ1) is 29.4. The van der Waals surface area contributed by atoms with Gasteiger partial charge in [-0.3, -0.25) is 9.52 Å². The van der Waals surface area contributed by atoms with Crippen LogP contribution in [0.3, 0.4) is 0 Å². The summed E-state index contributed by atoms with van der Waals surface area (Å²) in [7, 11) is -3.03. The van der Waals surface area contributed by atoms with E-state index in [0.717, 1.165) is 31.3 Å². The molecule has 1 fully saturated rings. The van der Waals surface area contributed by atoms with E-state index in [0.29, 0.717) is 18.5 Å². The van der Waals surface area contributed by atoms with Crippen LogP contribution in [0.15, 0.2) is 35.2 Å². The monoisotopic (exact) mass is 549 g/mol. The lowest BCUT2D eigenvalue weighted by molar-refractivity contribution is -0.124. The Labute approximate surface area is 223 Å². The lowest BCUT2D eigenvalue weighted by Crippen LogP contribution is -2.33. The van der Waals surface area contributed by atoms with Crippen molar-refractivity contribution >= 4 is 27.6 Å². The summed E-state index contributed by atoms with van der Waals surface area (Å²) in [5.74, 6) is -2.27. The molecule has 2 aromatic carbocycles. The third kappa shape index (κ3) is 6.44. The van der Waals surface area contributed by atoms with Gasteiger partial charge >= 0.3 is 5.97 Å². The fraction of sp³-hybridized carbons (Fsp3) is 0.481. The van der Waals surface area contributed by atoms with Crippen LogP contribution in [0, 0.1) is 17.7 Å². The maximum Gasteiger partial charge on any atom is 0.341 e. The first-order chi connectivity index (χ1) is 17.9. The van der Waals surface area contributed by atoms with Crippen LogP contribution in [0.4, 0.5) is 10.1 Å². The van der Waals surface area contributed by atoms with E-state index < -0.39 is 21.8 Å². The zero-order valence-corrected chi connectivity index (χ0v) is 23.2. The summed E-state index contributed by atoms with van der Waals surface area (Å²) in [4.78, 5) is 26.8. The fourth-order valence-corrected chi connectivity index (χ4v) is 5.94. The second-order valence-corrected chi connectivity index (χ2v) is 11.6. The number of carbonyl (C=O) groups excluding carboxylic acids is 1. The molecule has 0 aliphatic carbocycles. The lowest BCUT2D eigenvalue weighted by atomic mass is 9.88. The first-order valence-electron chi connectivity index (χ1n) is 12.6. The average molecular weight is 550 g/mol. The van der Waals surface area contributed by atoms with Crippen molar-refractivity contribution in [2.75, 3.05) is 31.5 Å². The van der Waals surface area contributed by atoms with Gasteiger partial charge in [-0.15, -0.1) is 0 Å². The highest BCUT2D eigenvalue weighted by molar-refractivity contribution is 7.92. The number of hydrogen-bond donors (Lipinski definition) is 3. The van der Waals surface area contributed by atoms with Crippen LogP contribution >= 0.6 is 0 Å². The number of carboxylic acids is 1. The minimum atomic E-state index is -4.37. The molecule has 3 N–H and O–H groups in total. The number of halogens is 1. The molecule has 0 spiro atoms. The van der Waals surface area contributed by atoms with Crippen molar-refractivity contribution in [1.29, 1.82) is 0 Å². The van der Waals surface area contributed by atoms with Crippen molar-refractivity contribution in [2.24, 2.45) is 11.8 Å². The number of rotatable bonds is 11. The molecule has 0 aromatic heterocycles. The van der Waals surface area contributed by atoms with Gasteiger partial charge in [0.15, 0.2) is 0 Å². The zero-order chi connectivity index (χ0) is 28.2. The summed E-state index contributed by atoms with van der Waals surface area (Å²) < 4.78 is 48.7. The van der Waals surface area contributed by atoms with E-state index in [1.807, 2.05) is 27.7 Å². The molecule has 38 heavy (non-hydrogen) atoms. The van der Waals surface area contributed by atoms with Crippen molar-refractivity contribution in [3.05, 3.63) is 52.8 Å². The van der Waals surface area contributed by atoms with E-state index in [1.54, 1.807) is 6.07 Å². The number of amides is 1. The molecule has 208 valence electrons. The van der Waals surface area contributed by atoms with Crippen LogP contribution in [0.1, 0.15) is 61.5 Å². The van der Waals surface area contributed by atoms with E-state index in [9.17, 15) is 27.5 Å². The Bertz CT molecular complexity index is 1300. The molecule has 2 atom stereocenters. The largest absolute Gasteiger partial charge is 0.495 e.